The van der Waals surface area contributed by atoms with Gasteiger partial charge in [-0.2, -0.15) is 0 Å². The van der Waals surface area contributed by atoms with E-state index in [-0.39, 0.29) is 25.0 Å². The molecule has 0 saturated heterocycles. The van der Waals surface area contributed by atoms with Gasteiger partial charge < -0.3 is 15.5 Å². The molecule has 21 heavy (non-hydrogen) atoms. The van der Waals surface area contributed by atoms with Gasteiger partial charge in [-0.1, -0.05) is 6.92 Å². The molecule has 0 radical (unpaired) electrons. The zero-order valence-electron chi connectivity index (χ0n) is 12.5. The minimum absolute atomic E-state index is 0.0160. The first-order chi connectivity index (χ1) is 10.2. The molecule has 1 aliphatic rings. The molecule has 1 atom stereocenters. The fourth-order valence-corrected chi connectivity index (χ4v) is 2.94. The number of nitrogens with zero attached hydrogens (tertiary/aromatic N) is 1. The quantitative estimate of drug-likeness (QED) is 0.621. The molecule has 0 aliphatic carbocycles. The highest BCUT2D eigenvalue weighted by atomic mass is 16.3. The van der Waals surface area contributed by atoms with E-state index in [0.717, 1.165) is 18.7 Å². The van der Waals surface area contributed by atoms with Crippen molar-refractivity contribution >= 4 is 11.5 Å². The summed E-state index contributed by atoms with van der Waals surface area (Å²) >= 11 is 0. The lowest BCUT2D eigenvalue weighted by atomic mass is 9.98. The summed E-state index contributed by atoms with van der Waals surface area (Å²) in [6, 6.07) is 5.50. The molecule has 1 aromatic carbocycles. The highest BCUT2D eigenvalue weighted by Crippen LogP contribution is 2.24. The molecule has 0 aromatic heterocycles. The Morgan fingerprint density at radius 3 is 2.67 bits per heavy atom. The summed E-state index contributed by atoms with van der Waals surface area (Å²) in [5, 5.41) is 21.6. The lowest BCUT2D eigenvalue weighted by molar-refractivity contribution is 0.0733. The number of carbonyl (C=O) groups is 1. The number of aliphatic hydroxyl groups excluding tert-OH is 2. The molecule has 3 N–H and O–H groups in total. The molecule has 116 valence electrons. The number of aliphatic hydroxyl groups is 2. The maximum Gasteiger partial charge on any atom is 0.179 e. The smallest absolute Gasteiger partial charge is 0.179 e. The normalized spacial score (nSPS) is 14.9. The Kier molecular flexibility index (Phi) is 5.73. The van der Waals surface area contributed by atoms with Crippen molar-refractivity contribution in [1.82, 2.24) is 4.90 Å². The van der Waals surface area contributed by atoms with E-state index in [1.54, 1.807) is 0 Å². The Morgan fingerprint density at radius 2 is 2.05 bits per heavy atom. The predicted molar refractivity (Wildman–Crippen MR) is 82.8 cm³/mol. The first-order valence-electron chi connectivity index (χ1n) is 7.58. The predicted octanol–water partition coefficient (Wildman–Crippen LogP) is 0.902. The van der Waals surface area contributed by atoms with Crippen LogP contribution in [0.15, 0.2) is 18.2 Å². The largest absolute Gasteiger partial charge is 0.395 e. The van der Waals surface area contributed by atoms with E-state index in [9.17, 15) is 4.79 Å². The van der Waals surface area contributed by atoms with E-state index in [1.807, 2.05) is 30.0 Å². The van der Waals surface area contributed by atoms with Crippen molar-refractivity contribution in [2.24, 2.45) is 0 Å². The molecule has 1 heterocycles. The van der Waals surface area contributed by atoms with Crippen LogP contribution in [0.4, 0.5) is 5.69 Å². The van der Waals surface area contributed by atoms with Gasteiger partial charge in [0.15, 0.2) is 5.78 Å². The summed E-state index contributed by atoms with van der Waals surface area (Å²) in [4.78, 5) is 14.6. The van der Waals surface area contributed by atoms with Crippen LogP contribution < -0.4 is 5.32 Å². The Balaban J connectivity index is 2.18. The number of ketones is 1. The molecule has 5 nitrogen and oxygen atoms in total. The third-order valence-corrected chi connectivity index (χ3v) is 4.00. The van der Waals surface area contributed by atoms with Crippen LogP contribution >= 0.6 is 0 Å². The molecule has 5 heteroatoms. The SMILES string of the molecule is CCC(C(=O)c1ccc2c(c1)CCN2)N(CCO)CCO. The van der Waals surface area contributed by atoms with Gasteiger partial charge in [-0.15, -0.1) is 0 Å². The van der Waals surface area contributed by atoms with Crippen LogP contribution in [0, 0.1) is 0 Å². The molecule has 1 aromatic rings. The van der Waals surface area contributed by atoms with E-state index >= 15 is 0 Å². The first kappa shape index (κ1) is 15.9. The summed E-state index contributed by atoms with van der Waals surface area (Å²) in [5.74, 6) is 0.0640. The highest BCUT2D eigenvalue weighted by molar-refractivity contribution is 6.00. The maximum absolute atomic E-state index is 12.7. The number of nitrogens with one attached hydrogen (secondary N) is 1. The number of rotatable bonds is 8. The zero-order valence-corrected chi connectivity index (χ0v) is 12.5. The van der Waals surface area contributed by atoms with Gasteiger partial charge in [-0.3, -0.25) is 9.69 Å². The summed E-state index contributed by atoms with van der Waals surface area (Å²) in [6.45, 7) is 3.65. The van der Waals surface area contributed by atoms with Crippen molar-refractivity contribution in [2.75, 3.05) is 38.2 Å². The van der Waals surface area contributed by atoms with Crippen molar-refractivity contribution in [3.8, 4) is 0 Å². The zero-order chi connectivity index (χ0) is 15.2. The first-order valence-corrected chi connectivity index (χ1v) is 7.58. The fourth-order valence-electron chi connectivity index (χ4n) is 2.94. The van der Waals surface area contributed by atoms with Gasteiger partial charge in [0.05, 0.1) is 19.3 Å². The topological polar surface area (TPSA) is 72.8 Å². The van der Waals surface area contributed by atoms with Gasteiger partial charge in [-0.05, 0) is 36.6 Å². The van der Waals surface area contributed by atoms with Gasteiger partial charge in [0.25, 0.3) is 0 Å². The van der Waals surface area contributed by atoms with Crippen LogP contribution in [-0.4, -0.2) is 59.8 Å². The van der Waals surface area contributed by atoms with E-state index in [2.05, 4.69) is 5.32 Å². The van der Waals surface area contributed by atoms with Crippen molar-refractivity contribution in [3.63, 3.8) is 0 Å². The molecule has 2 rings (SSSR count). The lowest BCUT2D eigenvalue weighted by Gasteiger charge is -2.28. The minimum atomic E-state index is -0.295. The number of Topliss-reactive ketones (excluding diaryl/α,β-unsaturated/α-hetero) is 1. The van der Waals surface area contributed by atoms with Crippen LogP contribution in [0.3, 0.4) is 0 Å². The van der Waals surface area contributed by atoms with Crippen molar-refractivity contribution < 1.29 is 15.0 Å². The number of fused-ring (bicyclic) bond motifs is 1. The lowest BCUT2D eigenvalue weighted by Crippen LogP contribution is -2.44. The summed E-state index contributed by atoms with van der Waals surface area (Å²) in [5.41, 5.74) is 3.01. The molecule has 0 spiro atoms. The van der Waals surface area contributed by atoms with Crippen molar-refractivity contribution in [1.29, 1.82) is 0 Å². The van der Waals surface area contributed by atoms with Crippen LogP contribution in [0.1, 0.15) is 29.3 Å². The van der Waals surface area contributed by atoms with Crippen LogP contribution in [0.25, 0.3) is 0 Å². The van der Waals surface area contributed by atoms with E-state index in [1.165, 1.54) is 5.56 Å². The van der Waals surface area contributed by atoms with E-state index in [0.29, 0.717) is 25.1 Å². The standard InChI is InChI=1S/C16H24N2O3/c1-2-15(18(7-9-19)8-10-20)16(21)13-3-4-14-12(11-13)5-6-17-14/h3-4,11,15,17,19-20H,2,5-10H2,1H3. The van der Waals surface area contributed by atoms with Crippen molar-refractivity contribution in [2.45, 2.75) is 25.8 Å². The number of benzene rings is 1. The Hall–Kier alpha value is -1.43. The van der Waals surface area contributed by atoms with Gasteiger partial charge >= 0.3 is 0 Å². The highest BCUT2D eigenvalue weighted by Gasteiger charge is 2.25. The summed E-state index contributed by atoms with van der Waals surface area (Å²) in [7, 11) is 0. The average molecular weight is 292 g/mol. The molecule has 0 amide bonds. The second-order valence-electron chi connectivity index (χ2n) is 5.32. The Bertz CT molecular complexity index is 484. The van der Waals surface area contributed by atoms with E-state index in [4.69, 9.17) is 10.2 Å². The third-order valence-electron chi connectivity index (χ3n) is 4.00. The number of anilines is 1. The van der Waals surface area contributed by atoms with Crippen LogP contribution in [0.5, 0.6) is 0 Å². The van der Waals surface area contributed by atoms with Gasteiger partial charge in [-0.25, -0.2) is 0 Å². The molecule has 0 saturated carbocycles. The monoisotopic (exact) mass is 292 g/mol. The van der Waals surface area contributed by atoms with Gasteiger partial charge in [0, 0.05) is 30.9 Å². The maximum atomic E-state index is 12.7. The fraction of sp³-hybridized carbons (Fsp3) is 0.562. The Labute approximate surface area is 125 Å². The summed E-state index contributed by atoms with van der Waals surface area (Å²) < 4.78 is 0. The molecule has 1 aliphatic heterocycles. The summed E-state index contributed by atoms with van der Waals surface area (Å²) in [6.07, 6.45) is 1.61. The Morgan fingerprint density at radius 1 is 1.33 bits per heavy atom. The van der Waals surface area contributed by atoms with Crippen LogP contribution in [0.2, 0.25) is 0 Å². The molecular formula is C16H24N2O3. The second kappa shape index (κ2) is 7.54. The molecule has 0 bridgehead atoms. The van der Waals surface area contributed by atoms with Gasteiger partial charge in [0.2, 0.25) is 0 Å². The molecule has 1 unspecified atom stereocenters. The van der Waals surface area contributed by atoms with Crippen LogP contribution in [-0.2, 0) is 6.42 Å². The molecular weight excluding hydrogens is 268 g/mol. The van der Waals surface area contributed by atoms with E-state index < -0.39 is 0 Å². The molecule has 0 fully saturated rings. The van der Waals surface area contributed by atoms with Gasteiger partial charge in [0.1, 0.15) is 0 Å². The minimum Gasteiger partial charge on any atom is -0.395 e. The number of carbonyl (C=O) groups excluding carboxylic acids is 1. The third kappa shape index (κ3) is 3.61. The average Bonchev–Trinajstić information content (AvgIpc) is 2.95. The number of hydrogen-bond acceptors (Lipinski definition) is 5. The number of hydrogen-bond donors (Lipinski definition) is 3. The van der Waals surface area contributed by atoms with Crippen molar-refractivity contribution in [3.05, 3.63) is 29.3 Å². The second-order valence-corrected chi connectivity index (χ2v) is 5.32.